The Morgan fingerprint density at radius 3 is 1.31 bits per heavy atom. The van der Waals surface area contributed by atoms with Crippen molar-refractivity contribution < 1.29 is 9.59 Å². The lowest BCUT2D eigenvalue weighted by molar-refractivity contribution is -0.132. The molecule has 0 aromatic carbocycles. The van der Waals surface area contributed by atoms with Crippen molar-refractivity contribution in [2.45, 2.75) is 0 Å². The SMILES string of the molecule is CN(CCN(C)C(=O)CN)C(=O)CN.Cl.Cl. The first kappa shape index (κ1) is 20.8. The van der Waals surface area contributed by atoms with Gasteiger partial charge in [-0.1, -0.05) is 0 Å². The van der Waals surface area contributed by atoms with E-state index in [9.17, 15) is 9.59 Å². The zero-order valence-corrected chi connectivity index (χ0v) is 11.1. The van der Waals surface area contributed by atoms with Crippen molar-refractivity contribution in [2.75, 3.05) is 40.3 Å². The van der Waals surface area contributed by atoms with Gasteiger partial charge in [-0.15, -0.1) is 24.8 Å². The van der Waals surface area contributed by atoms with Crippen molar-refractivity contribution >= 4 is 36.6 Å². The van der Waals surface area contributed by atoms with E-state index in [4.69, 9.17) is 11.5 Å². The van der Waals surface area contributed by atoms with Crippen LogP contribution in [0.25, 0.3) is 0 Å². The number of hydrogen-bond acceptors (Lipinski definition) is 4. The van der Waals surface area contributed by atoms with Gasteiger partial charge in [0.2, 0.25) is 11.8 Å². The number of halogens is 2. The second-order valence-electron chi connectivity index (χ2n) is 3.04. The summed E-state index contributed by atoms with van der Waals surface area (Å²) in [4.78, 5) is 25.0. The van der Waals surface area contributed by atoms with Crippen molar-refractivity contribution in [3.05, 3.63) is 0 Å². The number of likely N-dealkylation sites (N-methyl/N-ethyl adjacent to an activating group) is 2. The van der Waals surface area contributed by atoms with E-state index in [1.54, 1.807) is 14.1 Å². The Balaban J connectivity index is -0.000000845. The molecule has 0 aromatic rings. The van der Waals surface area contributed by atoms with Crippen molar-refractivity contribution in [1.29, 1.82) is 0 Å². The van der Waals surface area contributed by atoms with Gasteiger partial charge in [0, 0.05) is 27.2 Å². The number of carbonyl (C=O) groups excluding carboxylic acids is 2. The van der Waals surface area contributed by atoms with Crippen molar-refractivity contribution in [1.82, 2.24) is 9.80 Å². The molecule has 0 unspecified atom stereocenters. The van der Waals surface area contributed by atoms with Crippen molar-refractivity contribution in [3.63, 3.8) is 0 Å². The molecule has 0 aromatic heterocycles. The normalized spacial score (nSPS) is 8.50. The van der Waals surface area contributed by atoms with Crippen LogP contribution in [0.15, 0.2) is 0 Å². The molecule has 8 heteroatoms. The molecule has 0 aliphatic rings. The third kappa shape index (κ3) is 7.70. The maximum atomic E-state index is 11.0. The Kier molecular flexibility index (Phi) is 14.2. The van der Waals surface area contributed by atoms with E-state index in [1.165, 1.54) is 9.80 Å². The highest BCUT2D eigenvalue weighted by Gasteiger charge is 2.09. The second-order valence-corrected chi connectivity index (χ2v) is 3.04. The van der Waals surface area contributed by atoms with Crippen LogP contribution in [-0.4, -0.2) is 61.9 Å². The molecule has 0 rings (SSSR count). The van der Waals surface area contributed by atoms with Gasteiger partial charge in [0.15, 0.2) is 0 Å². The third-order valence-corrected chi connectivity index (χ3v) is 1.97. The van der Waals surface area contributed by atoms with Crippen LogP contribution < -0.4 is 11.5 Å². The van der Waals surface area contributed by atoms with Gasteiger partial charge >= 0.3 is 0 Å². The predicted molar refractivity (Wildman–Crippen MR) is 67.9 cm³/mol. The monoisotopic (exact) mass is 274 g/mol. The fourth-order valence-electron chi connectivity index (χ4n) is 0.861. The first-order chi connectivity index (χ1) is 6.52. The molecule has 0 aliphatic heterocycles. The minimum atomic E-state index is -0.140. The molecule has 16 heavy (non-hydrogen) atoms. The van der Waals surface area contributed by atoms with Gasteiger partial charge in [0.05, 0.1) is 13.1 Å². The third-order valence-electron chi connectivity index (χ3n) is 1.97. The minimum absolute atomic E-state index is 0. The van der Waals surface area contributed by atoms with Crippen molar-refractivity contribution in [2.24, 2.45) is 11.5 Å². The summed E-state index contributed by atoms with van der Waals surface area (Å²) in [6, 6.07) is 0. The molecule has 98 valence electrons. The summed E-state index contributed by atoms with van der Waals surface area (Å²) in [6.07, 6.45) is 0. The molecule has 0 spiro atoms. The predicted octanol–water partition coefficient (Wildman–Crippen LogP) is -1.34. The zero-order chi connectivity index (χ0) is 11.1. The van der Waals surface area contributed by atoms with Gasteiger partial charge in [-0.25, -0.2) is 0 Å². The van der Waals surface area contributed by atoms with Crippen molar-refractivity contribution in [3.8, 4) is 0 Å². The molecular weight excluding hydrogens is 255 g/mol. The van der Waals surface area contributed by atoms with Crippen LogP contribution in [-0.2, 0) is 9.59 Å². The number of hydrogen-bond donors (Lipinski definition) is 2. The van der Waals surface area contributed by atoms with E-state index in [2.05, 4.69) is 0 Å². The minimum Gasteiger partial charge on any atom is -0.343 e. The van der Waals surface area contributed by atoms with Crippen LogP contribution >= 0.6 is 24.8 Å². The van der Waals surface area contributed by atoms with Gasteiger partial charge in [-0.3, -0.25) is 9.59 Å². The van der Waals surface area contributed by atoms with Gasteiger partial charge in [-0.2, -0.15) is 0 Å². The summed E-state index contributed by atoms with van der Waals surface area (Å²) in [6.45, 7) is 0.923. The summed E-state index contributed by atoms with van der Waals surface area (Å²) >= 11 is 0. The number of carbonyl (C=O) groups is 2. The highest BCUT2D eigenvalue weighted by atomic mass is 35.5. The first-order valence-electron chi connectivity index (χ1n) is 4.41. The summed E-state index contributed by atoms with van der Waals surface area (Å²) in [7, 11) is 3.30. The van der Waals surface area contributed by atoms with Crippen LogP contribution in [0.2, 0.25) is 0 Å². The standard InChI is InChI=1S/C8H18N4O2.2ClH/c1-11(7(13)5-9)3-4-12(2)8(14)6-10;;/h3-6,9-10H2,1-2H3;2*1H. The van der Waals surface area contributed by atoms with Crippen LogP contribution in [0.5, 0.6) is 0 Å². The molecule has 0 fully saturated rings. The molecule has 6 nitrogen and oxygen atoms in total. The highest BCUT2D eigenvalue weighted by Crippen LogP contribution is 1.87. The topological polar surface area (TPSA) is 92.7 Å². The maximum Gasteiger partial charge on any atom is 0.236 e. The molecule has 0 bridgehead atoms. The van der Waals surface area contributed by atoms with Crippen LogP contribution in [0.4, 0.5) is 0 Å². The van der Waals surface area contributed by atoms with Crippen LogP contribution in [0.3, 0.4) is 0 Å². The lowest BCUT2D eigenvalue weighted by atomic mass is 10.4. The zero-order valence-electron chi connectivity index (χ0n) is 9.51. The van der Waals surface area contributed by atoms with Gasteiger partial charge < -0.3 is 21.3 Å². The summed E-state index contributed by atoms with van der Waals surface area (Å²) in [5, 5.41) is 0. The highest BCUT2D eigenvalue weighted by molar-refractivity contribution is 5.85. The maximum absolute atomic E-state index is 11.0. The average Bonchev–Trinajstić information content (AvgIpc) is 2.22. The van der Waals surface area contributed by atoms with E-state index >= 15 is 0 Å². The quantitative estimate of drug-likeness (QED) is 0.650. The second kappa shape index (κ2) is 10.9. The lowest BCUT2D eigenvalue weighted by Gasteiger charge is -2.21. The van der Waals surface area contributed by atoms with E-state index in [0.717, 1.165) is 0 Å². The van der Waals surface area contributed by atoms with E-state index in [1.807, 2.05) is 0 Å². The lowest BCUT2D eigenvalue weighted by Crippen LogP contribution is -2.41. The molecule has 2 amide bonds. The largest absolute Gasteiger partial charge is 0.343 e. The van der Waals surface area contributed by atoms with E-state index in [-0.39, 0.29) is 49.7 Å². The molecule has 0 aliphatic carbocycles. The van der Waals surface area contributed by atoms with Gasteiger partial charge in [-0.05, 0) is 0 Å². The van der Waals surface area contributed by atoms with Crippen LogP contribution in [0.1, 0.15) is 0 Å². The van der Waals surface area contributed by atoms with Gasteiger partial charge in [0.1, 0.15) is 0 Å². The molecule has 0 radical (unpaired) electrons. The van der Waals surface area contributed by atoms with Gasteiger partial charge in [0.25, 0.3) is 0 Å². The Hall–Kier alpha value is -0.560. The Morgan fingerprint density at radius 2 is 1.12 bits per heavy atom. The molecule has 0 heterocycles. The van der Waals surface area contributed by atoms with E-state index < -0.39 is 0 Å². The van der Waals surface area contributed by atoms with Crippen LogP contribution in [0, 0.1) is 0 Å². The molecule has 0 atom stereocenters. The Morgan fingerprint density at radius 1 is 0.875 bits per heavy atom. The fraction of sp³-hybridized carbons (Fsp3) is 0.750. The molecular formula is C8H20Cl2N4O2. The van der Waals surface area contributed by atoms with E-state index in [0.29, 0.717) is 13.1 Å². The fourth-order valence-corrected chi connectivity index (χ4v) is 0.861. The number of rotatable bonds is 5. The molecule has 0 saturated carbocycles. The summed E-state index contributed by atoms with van der Waals surface area (Å²) in [5.41, 5.74) is 10.3. The Bertz CT molecular complexity index is 194. The number of nitrogens with zero attached hydrogens (tertiary/aromatic N) is 2. The first-order valence-corrected chi connectivity index (χ1v) is 4.41. The molecule has 4 N–H and O–H groups in total. The summed E-state index contributed by atoms with van der Waals surface area (Å²) in [5.74, 6) is -0.280. The average molecular weight is 275 g/mol. The smallest absolute Gasteiger partial charge is 0.236 e. The number of amides is 2. The summed E-state index contributed by atoms with van der Waals surface area (Å²) < 4.78 is 0. The number of nitrogens with two attached hydrogens (primary N) is 2. The Labute approximate surface area is 108 Å². The molecule has 0 saturated heterocycles.